The van der Waals surface area contributed by atoms with Crippen LogP contribution in [0.4, 0.5) is 0 Å². The van der Waals surface area contributed by atoms with Gasteiger partial charge in [0.25, 0.3) is 0 Å². The van der Waals surface area contributed by atoms with Gasteiger partial charge in [-0.15, -0.1) is 0 Å². The molecule has 0 saturated carbocycles. The zero-order chi connectivity index (χ0) is 17.4. The van der Waals surface area contributed by atoms with Crippen molar-refractivity contribution >= 4 is 25.2 Å². The van der Waals surface area contributed by atoms with E-state index in [0.29, 0.717) is 41.7 Å². The van der Waals surface area contributed by atoms with Gasteiger partial charge >= 0.3 is 20.7 Å². The third-order valence-electron chi connectivity index (χ3n) is 3.80. The van der Waals surface area contributed by atoms with Crippen molar-refractivity contribution in [1.82, 2.24) is 0 Å². The molecule has 2 aromatic rings. The molecule has 2 aromatic carbocycles. The molecule has 128 valence electrons. The van der Waals surface area contributed by atoms with Gasteiger partial charge in [-0.05, 0) is 35.2 Å². The SMILES string of the molecule is OB(O)c1ccc2c(c1)OC(OB(O)c1ccc3c(c1)OCCO3)O2. The fraction of sp³-hybridized carbons (Fsp3) is 0.200. The quantitative estimate of drug-likeness (QED) is 0.582. The molecule has 1 atom stereocenters. The molecule has 0 fully saturated rings. The van der Waals surface area contributed by atoms with Crippen LogP contribution in [0.5, 0.6) is 23.0 Å². The predicted molar refractivity (Wildman–Crippen MR) is 87.4 cm³/mol. The third kappa shape index (κ3) is 3.24. The Bertz CT molecular complexity index is 784. The number of benzene rings is 2. The summed E-state index contributed by atoms with van der Waals surface area (Å²) >= 11 is 0. The number of ether oxygens (including phenoxy) is 4. The Morgan fingerprint density at radius 1 is 0.800 bits per heavy atom. The van der Waals surface area contributed by atoms with E-state index in [4.69, 9.17) is 23.6 Å². The van der Waals surface area contributed by atoms with E-state index in [1.54, 1.807) is 18.2 Å². The Morgan fingerprint density at radius 3 is 2.24 bits per heavy atom. The first kappa shape index (κ1) is 16.1. The highest BCUT2D eigenvalue weighted by Crippen LogP contribution is 2.34. The molecule has 0 saturated heterocycles. The molecular formula is C15H14B2O8. The summed E-state index contributed by atoms with van der Waals surface area (Å²) in [5, 5.41) is 28.6. The summed E-state index contributed by atoms with van der Waals surface area (Å²) in [6.07, 6.45) is 0. The lowest BCUT2D eigenvalue weighted by molar-refractivity contribution is -0.121. The van der Waals surface area contributed by atoms with E-state index in [1.165, 1.54) is 18.2 Å². The van der Waals surface area contributed by atoms with Gasteiger partial charge < -0.3 is 38.7 Å². The largest absolute Gasteiger partial charge is 0.496 e. The van der Waals surface area contributed by atoms with E-state index < -0.39 is 20.7 Å². The maximum absolute atomic E-state index is 10.2. The lowest BCUT2D eigenvalue weighted by Gasteiger charge is -2.20. The summed E-state index contributed by atoms with van der Waals surface area (Å²) in [4.78, 5) is 0. The molecule has 1 unspecified atom stereocenters. The lowest BCUT2D eigenvalue weighted by atomic mass is 9.79. The van der Waals surface area contributed by atoms with Crippen molar-refractivity contribution in [2.45, 2.75) is 6.48 Å². The Morgan fingerprint density at radius 2 is 1.44 bits per heavy atom. The predicted octanol–water partition coefficient (Wildman–Crippen LogP) is -1.40. The lowest BCUT2D eigenvalue weighted by Crippen LogP contribution is -2.40. The van der Waals surface area contributed by atoms with E-state index in [1.807, 2.05) is 0 Å². The highest BCUT2D eigenvalue weighted by Gasteiger charge is 2.32. The number of rotatable bonds is 4. The van der Waals surface area contributed by atoms with E-state index >= 15 is 0 Å². The van der Waals surface area contributed by atoms with Crippen molar-refractivity contribution in [3.8, 4) is 23.0 Å². The Hall–Kier alpha value is -2.39. The standard InChI is InChI=1S/C15H14B2O8/c18-16(19)9-1-4-12-14(7-9)24-15(23-12)25-17(20)10-2-3-11-13(8-10)22-6-5-21-11/h1-4,7-8,15,18-20H,5-6H2. The number of hydrogen-bond acceptors (Lipinski definition) is 8. The van der Waals surface area contributed by atoms with Crippen LogP contribution in [-0.4, -0.2) is 49.0 Å². The van der Waals surface area contributed by atoms with Crippen molar-refractivity contribution in [2.24, 2.45) is 0 Å². The summed E-state index contributed by atoms with van der Waals surface area (Å²) in [6, 6.07) is 9.43. The second kappa shape index (κ2) is 6.49. The maximum atomic E-state index is 10.2. The number of hydrogen-bond donors (Lipinski definition) is 3. The summed E-state index contributed by atoms with van der Waals surface area (Å²) in [5.41, 5.74) is 0.717. The molecule has 0 aliphatic carbocycles. The van der Waals surface area contributed by atoms with E-state index in [-0.39, 0.29) is 5.46 Å². The van der Waals surface area contributed by atoms with Crippen LogP contribution in [0.15, 0.2) is 36.4 Å². The molecule has 0 radical (unpaired) electrons. The van der Waals surface area contributed by atoms with Crippen molar-refractivity contribution in [3.05, 3.63) is 36.4 Å². The van der Waals surface area contributed by atoms with Crippen molar-refractivity contribution in [1.29, 1.82) is 0 Å². The zero-order valence-electron chi connectivity index (χ0n) is 13.0. The highest BCUT2D eigenvalue weighted by atomic mass is 16.9. The zero-order valence-corrected chi connectivity index (χ0v) is 13.0. The first-order valence-electron chi connectivity index (χ1n) is 7.66. The molecule has 2 aliphatic rings. The average Bonchev–Trinajstić information content (AvgIpc) is 3.02. The minimum atomic E-state index is -1.61. The molecule has 8 nitrogen and oxygen atoms in total. The van der Waals surface area contributed by atoms with Gasteiger partial charge in [0.1, 0.15) is 13.2 Å². The first-order chi connectivity index (χ1) is 12.1. The van der Waals surface area contributed by atoms with Gasteiger partial charge in [-0.1, -0.05) is 12.1 Å². The molecule has 2 aliphatic heterocycles. The smallest absolute Gasteiger partial charge is 0.486 e. The van der Waals surface area contributed by atoms with Gasteiger partial charge in [0.2, 0.25) is 0 Å². The summed E-state index contributed by atoms with van der Waals surface area (Å²) < 4.78 is 27.1. The van der Waals surface area contributed by atoms with Gasteiger partial charge in [-0.2, -0.15) is 0 Å². The molecule has 2 heterocycles. The molecule has 10 heteroatoms. The van der Waals surface area contributed by atoms with Gasteiger partial charge in [-0.25, -0.2) is 0 Å². The summed E-state index contributed by atoms with van der Waals surface area (Å²) in [6.45, 7) is -0.238. The van der Waals surface area contributed by atoms with Crippen molar-refractivity contribution in [2.75, 3.05) is 13.2 Å². The molecule has 3 N–H and O–H groups in total. The molecule has 0 spiro atoms. The average molecular weight is 344 g/mol. The van der Waals surface area contributed by atoms with Gasteiger partial charge in [0, 0.05) is 0 Å². The van der Waals surface area contributed by atoms with E-state index in [2.05, 4.69) is 0 Å². The third-order valence-corrected chi connectivity index (χ3v) is 3.80. The van der Waals surface area contributed by atoms with Gasteiger partial charge in [-0.3, -0.25) is 0 Å². The summed E-state index contributed by atoms with van der Waals surface area (Å²) in [5.74, 6) is 1.82. The Balaban J connectivity index is 1.44. The second-order valence-corrected chi connectivity index (χ2v) is 5.50. The van der Waals surface area contributed by atoms with Gasteiger partial charge in [0.05, 0.1) is 0 Å². The minimum absolute atomic E-state index is 0.260. The number of fused-ring (bicyclic) bond motifs is 2. The van der Waals surface area contributed by atoms with Crippen LogP contribution in [0.2, 0.25) is 0 Å². The van der Waals surface area contributed by atoms with E-state index in [9.17, 15) is 15.1 Å². The Kier molecular flexibility index (Phi) is 4.18. The van der Waals surface area contributed by atoms with E-state index in [0.717, 1.165) is 0 Å². The molecule has 4 rings (SSSR count). The topological polar surface area (TPSA) is 107 Å². The van der Waals surface area contributed by atoms with Crippen LogP contribution >= 0.6 is 0 Å². The fourth-order valence-electron chi connectivity index (χ4n) is 2.56. The van der Waals surface area contributed by atoms with Crippen LogP contribution in [0.3, 0.4) is 0 Å². The minimum Gasteiger partial charge on any atom is -0.486 e. The Labute approximate surface area is 143 Å². The normalized spacial score (nSPS) is 17.3. The molecule has 0 aromatic heterocycles. The van der Waals surface area contributed by atoms with Crippen molar-refractivity contribution in [3.63, 3.8) is 0 Å². The maximum Gasteiger partial charge on any atom is 0.496 e. The van der Waals surface area contributed by atoms with Crippen molar-refractivity contribution < 1.29 is 38.7 Å². The first-order valence-corrected chi connectivity index (χ1v) is 7.66. The molecule has 25 heavy (non-hydrogen) atoms. The molecule has 0 bridgehead atoms. The van der Waals surface area contributed by atoms with Crippen LogP contribution in [0, 0.1) is 0 Å². The second-order valence-electron chi connectivity index (χ2n) is 5.50. The highest BCUT2D eigenvalue weighted by molar-refractivity contribution is 6.60. The summed E-state index contributed by atoms with van der Waals surface area (Å²) in [7, 11) is -2.92. The molecule has 0 amide bonds. The van der Waals surface area contributed by atoms with Crippen LogP contribution < -0.4 is 29.9 Å². The van der Waals surface area contributed by atoms with Crippen LogP contribution in [0.25, 0.3) is 0 Å². The molecular weight excluding hydrogens is 330 g/mol. The monoisotopic (exact) mass is 344 g/mol. The van der Waals surface area contributed by atoms with Crippen LogP contribution in [0.1, 0.15) is 0 Å². The van der Waals surface area contributed by atoms with Crippen LogP contribution in [-0.2, 0) is 4.65 Å². The van der Waals surface area contributed by atoms with Gasteiger partial charge in [0.15, 0.2) is 23.0 Å². The fourth-order valence-corrected chi connectivity index (χ4v) is 2.56.